The van der Waals surface area contributed by atoms with Gasteiger partial charge in [0.2, 0.25) is 6.10 Å². The summed E-state index contributed by atoms with van der Waals surface area (Å²) in [5.74, 6) is 1.28. The molecule has 1 saturated heterocycles. The van der Waals surface area contributed by atoms with Crippen LogP contribution in [0.25, 0.3) is 10.2 Å². The first-order valence-electron chi connectivity index (χ1n) is 9.16. The number of hydrogen-bond donors (Lipinski definition) is 0. The van der Waals surface area contributed by atoms with Crippen LogP contribution >= 0.6 is 22.9 Å². The van der Waals surface area contributed by atoms with Crippen LogP contribution in [0.1, 0.15) is 0 Å². The fourth-order valence-corrected chi connectivity index (χ4v) is 4.82. The molecule has 0 bridgehead atoms. The minimum absolute atomic E-state index is 0.0264. The molecule has 1 unspecified atom stereocenters. The summed E-state index contributed by atoms with van der Waals surface area (Å²) in [6.07, 6.45) is -0.595. The second-order valence-corrected chi connectivity index (χ2v) is 8.18. The van der Waals surface area contributed by atoms with E-state index in [0.29, 0.717) is 29.6 Å². The zero-order valence-electron chi connectivity index (χ0n) is 15.0. The van der Waals surface area contributed by atoms with E-state index in [9.17, 15) is 4.79 Å². The Morgan fingerprint density at radius 2 is 1.86 bits per heavy atom. The summed E-state index contributed by atoms with van der Waals surface area (Å²) in [5, 5.41) is 1.62. The van der Waals surface area contributed by atoms with Crippen molar-refractivity contribution < 1.29 is 14.3 Å². The van der Waals surface area contributed by atoms with Crippen LogP contribution in [0, 0.1) is 0 Å². The molecule has 3 aromatic rings. The van der Waals surface area contributed by atoms with Crippen molar-refractivity contribution in [2.24, 2.45) is 0 Å². The molecule has 5 rings (SSSR count). The van der Waals surface area contributed by atoms with E-state index in [1.165, 1.54) is 0 Å². The van der Waals surface area contributed by atoms with Crippen molar-refractivity contribution in [2.75, 3.05) is 37.7 Å². The molecule has 1 aromatic heterocycles. The topological polar surface area (TPSA) is 54.9 Å². The van der Waals surface area contributed by atoms with Crippen molar-refractivity contribution in [2.45, 2.75) is 6.10 Å². The number of amides is 1. The summed E-state index contributed by atoms with van der Waals surface area (Å²) < 4.78 is 12.6. The lowest BCUT2D eigenvalue weighted by Gasteiger charge is -2.37. The molecule has 2 aliphatic heterocycles. The Labute approximate surface area is 171 Å². The molecule has 1 amide bonds. The number of benzene rings is 2. The number of halogens is 1. The largest absolute Gasteiger partial charge is 0.485 e. The van der Waals surface area contributed by atoms with Crippen LogP contribution in [0.15, 0.2) is 42.5 Å². The van der Waals surface area contributed by atoms with Gasteiger partial charge in [-0.15, -0.1) is 0 Å². The summed E-state index contributed by atoms with van der Waals surface area (Å²) in [5.41, 5.74) is 0.842. The van der Waals surface area contributed by atoms with Gasteiger partial charge in [-0.2, -0.15) is 0 Å². The van der Waals surface area contributed by atoms with Gasteiger partial charge in [-0.05, 0) is 24.3 Å². The van der Waals surface area contributed by atoms with Crippen molar-refractivity contribution in [1.82, 2.24) is 9.88 Å². The average molecular weight is 416 g/mol. The van der Waals surface area contributed by atoms with E-state index in [4.69, 9.17) is 21.1 Å². The van der Waals surface area contributed by atoms with Gasteiger partial charge in [0.05, 0.1) is 9.72 Å². The second kappa shape index (κ2) is 7.14. The number of para-hydroxylation sites is 3. The highest BCUT2D eigenvalue weighted by Gasteiger charge is 2.33. The Morgan fingerprint density at radius 3 is 2.64 bits per heavy atom. The number of fused-ring (bicyclic) bond motifs is 2. The molecule has 0 N–H and O–H groups in total. The summed E-state index contributed by atoms with van der Waals surface area (Å²) in [7, 11) is 0. The number of hydrogen-bond acceptors (Lipinski definition) is 6. The van der Waals surface area contributed by atoms with E-state index in [0.717, 1.165) is 28.4 Å². The number of anilines is 1. The van der Waals surface area contributed by atoms with Gasteiger partial charge in [0.15, 0.2) is 16.6 Å². The number of carbonyl (C=O) groups excluding carboxylic acids is 1. The van der Waals surface area contributed by atoms with Gasteiger partial charge < -0.3 is 19.3 Å². The van der Waals surface area contributed by atoms with Gasteiger partial charge in [0.25, 0.3) is 5.91 Å². The molecule has 144 valence electrons. The van der Waals surface area contributed by atoms with Crippen LogP contribution in [-0.4, -0.2) is 54.7 Å². The van der Waals surface area contributed by atoms with Crippen LogP contribution in [-0.2, 0) is 4.79 Å². The molecule has 2 aliphatic rings. The van der Waals surface area contributed by atoms with E-state index in [2.05, 4.69) is 9.88 Å². The Hall–Kier alpha value is -2.51. The summed E-state index contributed by atoms with van der Waals surface area (Å²) in [6, 6.07) is 13.3. The van der Waals surface area contributed by atoms with Gasteiger partial charge in [0.1, 0.15) is 12.1 Å². The quantitative estimate of drug-likeness (QED) is 0.641. The highest BCUT2D eigenvalue weighted by molar-refractivity contribution is 7.22. The van der Waals surface area contributed by atoms with Crippen molar-refractivity contribution in [1.29, 1.82) is 0 Å². The fourth-order valence-electron chi connectivity index (χ4n) is 3.50. The van der Waals surface area contributed by atoms with Gasteiger partial charge >= 0.3 is 0 Å². The third-order valence-corrected chi connectivity index (χ3v) is 6.39. The van der Waals surface area contributed by atoms with Crippen molar-refractivity contribution >= 4 is 44.2 Å². The van der Waals surface area contributed by atoms with Crippen LogP contribution in [0.4, 0.5) is 5.13 Å². The highest BCUT2D eigenvalue weighted by atomic mass is 35.5. The number of carbonyl (C=O) groups is 1. The Kier molecular flexibility index (Phi) is 4.49. The number of ether oxygens (including phenoxy) is 2. The first-order chi connectivity index (χ1) is 13.7. The Morgan fingerprint density at radius 1 is 1.07 bits per heavy atom. The lowest BCUT2D eigenvalue weighted by molar-refractivity contribution is -0.141. The first-order valence-corrected chi connectivity index (χ1v) is 10.4. The van der Waals surface area contributed by atoms with Gasteiger partial charge in [0, 0.05) is 26.2 Å². The van der Waals surface area contributed by atoms with Gasteiger partial charge in [-0.3, -0.25) is 4.79 Å². The molecule has 0 spiro atoms. The van der Waals surface area contributed by atoms with Crippen LogP contribution in [0.2, 0.25) is 5.02 Å². The average Bonchev–Trinajstić information content (AvgIpc) is 3.19. The van der Waals surface area contributed by atoms with Gasteiger partial charge in [-0.25, -0.2) is 4.98 Å². The standard InChI is InChI=1S/C20H18ClN3O3S/c21-13-4-3-7-17-18(13)22-20(28-17)24-10-8-23(9-11-24)19(25)16-12-26-14-5-1-2-6-15(14)27-16/h1-7,16H,8-12H2. The van der Waals surface area contributed by atoms with Crippen molar-refractivity contribution in [3.05, 3.63) is 47.5 Å². The maximum atomic E-state index is 12.9. The molecule has 0 aliphatic carbocycles. The molecule has 6 nitrogen and oxygen atoms in total. The number of aromatic nitrogens is 1. The molecular formula is C20H18ClN3O3S. The SMILES string of the molecule is O=C(C1COc2ccccc2O1)N1CCN(c2nc3c(Cl)cccc3s2)CC1. The molecule has 2 aromatic carbocycles. The number of piperazine rings is 1. The minimum Gasteiger partial charge on any atom is -0.485 e. The summed E-state index contributed by atoms with van der Waals surface area (Å²) >= 11 is 7.87. The molecule has 0 radical (unpaired) electrons. The molecule has 1 atom stereocenters. The lowest BCUT2D eigenvalue weighted by atomic mass is 10.2. The molecule has 0 saturated carbocycles. The lowest BCUT2D eigenvalue weighted by Crippen LogP contribution is -2.54. The van der Waals surface area contributed by atoms with Crippen molar-refractivity contribution in [3.8, 4) is 11.5 Å². The third-order valence-electron chi connectivity index (χ3n) is 5.00. The number of rotatable bonds is 2. The molecular weight excluding hydrogens is 398 g/mol. The molecule has 28 heavy (non-hydrogen) atoms. The van der Waals surface area contributed by atoms with E-state index in [1.54, 1.807) is 11.3 Å². The van der Waals surface area contributed by atoms with Gasteiger partial charge in [-0.1, -0.05) is 41.1 Å². The van der Waals surface area contributed by atoms with E-state index in [-0.39, 0.29) is 12.5 Å². The molecule has 8 heteroatoms. The maximum Gasteiger partial charge on any atom is 0.267 e. The highest BCUT2D eigenvalue weighted by Crippen LogP contribution is 2.34. The van der Waals surface area contributed by atoms with E-state index in [1.807, 2.05) is 47.4 Å². The van der Waals surface area contributed by atoms with E-state index < -0.39 is 6.10 Å². The maximum absolute atomic E-state index is 12.9. The van der Waals surface area contributed by atoms with E-state index >= 15 is 0 Å². The smallest absolute Gasteiger partial charge is 0.267 e. The van der Waals surface area contributed by atoms with Crippen LogP contribution in [0.5, 0.6) is 11.5 Å². The van der Waals surface area contributed by atoms with Crippen LogP contribution in [0.3, 0.4) is 0 Å². The Bertz CT molecular complexity index is 1030. The number of nitrogens with zero attached hydrogens (tertiary/aromatic N) is 3. The second-order valence-electron chi connectivity index (χ2n) is 6.76. The predicted octanol–water partition coefficient (Wildman–Crippen LogP) is 3.44. The third kappa shape index (κ3) is 3.14. The van der Waals surface area contributed by atoms with Crippen molar-refractivity contribution in [3.63, 3.8) is 0 Å². The fraction of sp³-hybridized carbons (Fsp3) is 0.300. The first kappa shape index (κ1) is 17.6. The Balaban J connectivity index is 1.24. The zero-order valence-corrected chi connectivity index (χ0v) is 16.6. The summed E-state index contributed by atoms with van der Waals surface area (Å²) in [4.78, 5) is 21.6. The normalized spacial score (nSPS) is 19.1. The minimum atomic E-state index is -0.595. The number of thiazole rings is 1. The molecule has 1 fully saturated rings. The zero-order chi connectivity index (χ0) is 19.1. The van der Waals surface area contributed by atoms with Crippen LogP contribution < -0.4 is 14.4 Å². The molecule has 3 heterocycles. The monoisotopic (exact) mass is 415 g/mol. The predicted molar refractivity (Wildman–Crippen MR) is 110 cm³/mol. The summed E-state index contributed by atoms with van der Waals surface area (Å²) in [6.45, 7) is 2.96.